The lowest BCUT2D eigenvalue weighted by molar-refractivity contribution is -0.465. The number of ketones is 1. The van der Waals surface area contributed by atoms with Crippen LogP contribution in [0.1, 0.15) is 35.7 Å². The van der Waals surface area contributed by atoms with Gasteiger partial charge in [-0.3, -0.25) is 19.7 Å². The quantitative estimate of drug-likeness (QED) is 0.413. The van der Waals surface area contributed by atoms with Crippen LogP contribution in [0.3, 0.4) is 0 Å². The Labute approximate surface area is 177 Å². The summed E-state index contributed by atoms with van der Waals surface area (Å²) in [5.74, 6) is -1.33. The fourth-order valence-electron chi connectivity index (χ4n) is 3.96. The molecular weight excluding hydrogens is 419 g/mol. The van der Waals surface area contributed by atoms with Crippen molar-refractivity contribution in [2.24, 2.45) is 5.73 Å². The summed E-state index contributed by atoms with van der Waals surface area (Å²) in [6.07, 6.45) is 3.72. The van der Waals surface area contributed by atoms with Gasteiger partial charge >= 0.3 is 0 Å². The van der Waals surface area contributed by atoms with Gasteiger partial charge in [0.25, 0.3) is 6.54 Å². The van der Waals surface area contributed by atoms with Crippen molar-refractivity contribution in [3.05, 3.63) is 44.0 Å². The van der Waals surface area contributed by atoms with Crippen LogP contribution in [0.4, 0.5) is 10.1 Å². The molecule has 1 unspecified atom stereocenters. The van der Waals surface area contributed by atoms with E-state index < -0.39 is 28.5 Å². The first-order valence-electron chi connectivity index (χ1n) is 9.42. The van der Waals surface area contributed by atoms with E-state index in [4.69, 9.17) is 10.5 Å². The van der Waals surface area contributed by atoms with Gasteiger partial charge < -0.3 is 19.9 Å². The number of fused-ring (bicyclic) bond motifs is 1. The predicted octanol–water partition coefficient (Wildman–Crippen LogP) is 1.90. The lowest BCUT2D eigenvalue weighted by atomic mass is 10.1. The van der Waals surface area contributed by atoms with E-state index in [1.807, 2.05) is 0 Å². The number of carbonyl (C=O) groups excluding carboxylic acids is 1. The highest BCUT2D eigenvalue weighted by atomic mass is 35.5. The Morgan fingerprint density at radius 1 is 1.40 bits per heavy atom. The molecule has 1 aliphatic carbocycles. The smallest absolute Gasteiger partial charge is 0.266 e. The number of hydrogen-bond acceptors (Lipinski definition) is 7. The Hall–Kier alpha value is -2.72. The van der Waals surface area contributed by atoms with Crippen LogP contribution in [0.2, 0.25) is 0 Å². The van der Waals surface area contributed by atoms with E-state index in [0.717, 1.165) is 18.9 Å². The fraction of sp³-hybridized carbons (Fsp3) is 0.474. The largest absolute Gasteiger partial charge is 0.492 e. The maximum atomic E-state index is 15.1. The van der Waals surface area contributed by atoms with Gasteiger partial charge in [-0.15, -0.1) is 12.4 Å². The molecule has 1 aromatic carbocycles. The van der Waals surface area contributed by atoms with Crippen molar-refractivity contribution >= 4 is 34.8 Å². The third kappa shape index (κ3) is 3.72. The summed E-state index contributed by atoms with van der Waals surface area (Å²) in [5.41, 5.74) is 5.57. The van der Waals surface area contributed by atoms with E-state index >= 15 is 4.39 Å². The van der Waals surface area contributed by atoms with Crippen molar-refractivity contribution in [3.8, 4) is 5.75 Å². The normalized spacial score (nSPS) is 18.4. The standard InChI is InChI=1S/C19H21FN4O5.ClH/c1-29-19-16-12(6-14(20)17(19)22-5-4-10(21)7-22)18(26)13(15(25)9-24(27)28)8-23(16)11-2-3-11;/h6,8,10-11H,2-5,7,9,21H2,1H3;1H. The number of hydrogen-bond donors (Lipinski definition) is 1. The first-order valence-corrected chi connectivity index (χ1v) is 9.42. The molecule has 162 valence electrons. The minimum Gasteiger partial charge on any atom is -0.492 e. The van der Waals surface area contributed by atoms with Gasteiger partial charge in [-0.1, -0.05) is 0 Å². The average molecular weight is 441 g/mol. The van der Waals surface area contributed by atoms with Crippen molar-refractivity contribution in [1.29, 1.82) is 0 Å². The molecule has 11 heteroatoms. The van der Waals surface area contributed by atoms with Crippen molar-refractivity contribution in [2.75, 3.05) is 31.6 Å². The SMILES string of the molecule is COc1c(N2CCC(N)C2)c(F)cc2c(=O)c(C(=O)C[N+](=O)[O-])cn(C3CC3)c12.Cl. The Bertz CT molecular complexity index is 1090. The number of ether oxygens (including phenoxy) is 1. The number of rotatable bonds is 6. The molecule has 2 fully saturated rings. The number of benzene rings is 1. The lowest BCUT2D eigenvalue weighted by Crippen LogP contribution is -2.28. The first kappa shape index (κ1) is 22.0. The summed E-state index contributed by atoms with van der Waals surface area (Å²) < 4.78 is 22.4. The van der Waals surface area contributed by atoms with Crippen LogP contribution in [0, 0.1) is 15.9 Å². The Balaban J connectivity index is 0.00000256. The Morgan fingerprint density at radius 2 is 2.10 bits per heavy atom. The average Bonchev–Trinajstić information content (AvgIpc) is 3.41. The minimum absolute atomic E-state index is 0. The molecule has 0 amide bonds. The molecule has 0 spiro atoms. The number of aromatic nitrogens is 1. The molecule has 1 aromatic heterocycles. The van der Waals surface area contributed by atoms with E-state index in [1.54, 1.807) is 9.47 Å². The zero-order valence-electron chi connectivity index (χ0n) is 16.3. The van der Waals surface area contributed by atoms with Crippen LogP contribution in [-0.4, -0.2) is 48.1 Å². The van der Waals surface area contributed by atoms with Crippen LogP contribution >= 0.6 is 12.4 Å². The molecule has 2 heterocycles. The van der Waals surface area contributed by atoms with Gasteiger partial charge in [0.2, 0.25) is 11.2 Å². The molecule has 4 rings (SSSR count). The summed E-state index contributed by atoms with van der Waals surface area (Å²) >= 11 is 0. The number of methoxy groups -OCH3 is 1. The topological polar surface area (TPSA) is 121 Å². The second kappa shape index (κ2) is 8.19. The van der Waals surface area contributed by atoms with Crippen LogP contribution in [0.5, 0.6) is 5.75 Å². The maximum absolute atomic E-state index is 15.1. The van der Waals surface area contributed by atoms with Crippen molar-refractivity contribution < 1.29 is 18.8 Å². The van der Waals surface area contributed by atoms with Gasteiger partial charge in [-0.2, -0.15) is 0 Å². The molecule has 2 aliphatic rings. The molecule has 0 bridgehead atoms. The molecule has 1 atom stereocenters. The zero-order chi connectivity index (χ0) is 20.9. The van der Waals surface area contributed by atoms with Crippen molar-refractivity contribution in [3.63, 3.8) is 0 Å². The Kier molecular flexibility index (Phi) is 6.00. The molecule has 0 radical (unpaired) electrons. The number of nitrogens with two attached hydrogens (primary N) is 1. The molecule has 9 nitrogen and oxygen atoms in total. The summed E-state index contributed by atoms with van der Waals surface area (Å²) in [6, 6.07) is 1.04. The highest BCUT2D eigenvalue weighted by Gasteiger charge is 2.33. The van der Waals surface area contributed by atoms with E-state index in [1.165, 1.54) is 13.3 Å². The number of Topliss-reactive ketones (excluding diaryl/α,β-unsaturated/α-hetero) is 1. The first-order chi connectivity index (χ1) is 13.8. The third-order valence-corrected chi connectivity index (χ3v) is 5.46. The molecule has 30 heavy (non-hydrogen) atoms. The van der Waals surface area contributed by atoms with Crippen molar-refractivity contribution in [1.82, 2.24) is 4.57 Å². The maximum Gasteiger partial charge on any atom is 0.266 e. The minimum atomic E-state index is -0.991. The number of nitrogens with zero attached hydrogens (tertiary/aromatic N) is 3. The molecule has 2 aromatic rings. The van der Waals surface area contributed by atoms with Crippen LogP contribution in [0.15, 0.2) is 17.1 Å². The summed E-state index contributed by atoms with van der Waals surface area (Å²) in [4.78, 5) is 37.0. The number of carbonyl (C=O) groups is 1. The predicted molar refractivity (Wildman–Crippen MR) is 111 cm³/mol. The number of anilines is 1. The van der Waals surface area contributed by atoms with Gasteiger partial charge in [0, 0.05) is 36.3 Å². The van der Waals surface area contributed by atoms with E-state index in [2.05, 4.69) is 0 Å². The summed E-state index contributed by atoms with van der Waals surface area (Å²) in [5, 5.41) is 10.7. The monoisotopic (exact) mass is 440 g/mol. The van der Waals surface area contributed by atoms with Gasteiger partial charge in [0.1, 0.15) is 5.69 Å². The third-order valence-electron chi connectivity index (χ3n) is 5.46. The molecule has 1 saturated heterocycles. The zero-order valence-corrected chi connectivity index (χ0v) is 17.1. The molecule has 1 saturated carbocycles. The van der Waals surface area contributed by atoms with Crippen molar-refractivity contribution in [2.45, 2.75) is 31.3 Å². The molecule has 2 N–H and O–H groups in total. The highest BCUT2D eigenvalue weighted by Crippen LogP contribution is 2.44. The summed E-state index contributed by atoms with van der Waals surface area (Å²) in [6.45, 7) is 0.0354. The van der Waals surface area contributed by atoms with Crippen LogP contribution in [-0.2, 0) is 0 Å². The molecule has 1 aliphatic heterocycles. The van der Waals surface area contributed by atoms with Crippen LogP contribution in [0.25, 0.3) is 10.9 Å². The van der Waals surface area contributed by atoms with Gasteiger partial charge in [0.15, 0.2) is 11.6 Å². The summed E-state index contributed by atoms with van der Waals surface area (Å²) in [7, 11) is 1.40. The lowest BCUT2D eigenvalue weighted by Gasteiger charge is -2.24. The van der Waals surface area contributed by atoms with Gasteiger partial charge in [-0.05, 0) is 25.3 Å². The van der Waals surface area contributed by atoms with E-state index in [0.29, 0.717) is 25.0 Å². The number of nitro groups is 1. The highest BCUT2D eigenvalue weighted by molar-refractivity contribution is 6.01. The van der Waals surface area contributed by atoms with Gasteiger partial charge in [-0.25, -0.2) is 4.39 Å². The van der Waals surface area contributed by atoms with E-state index in [-0.39, 0.29) is 46.9 Å². The number of halogens is 2. The second-order valence-corrected chi connectivity index (χ2v) is 7.56. The Morgan fingerprint density at radius 3 is 2.63 bits per heavy atom. The van der Waals surface area contributed by atoms with E-state index in [9.17, 15) is 19.7 Å². The van der Waals surface area contributed by atoms with Gasteiger partial charge in [0.05, 0.1) is 23.6 Å². The molecular formula is C19H22ClFN4O5. The number of pyridine rings is 1. The fourth-order valence-corrected chi connectivity index (χ4v) is 3.96. The second-order valence-electron chi connectivity index (χ2n) is 7.56. The van der Waals surface area contributed by atoms with Crippen LogP contribution < -0.4 is 20.8 Å².